The van der Waals surface area contributed by atoms with Gasteiger partial charge >= 0.3 is 0 Å². The number of hydrogen-bond donors (Lipinski definition) is 2. The molecule has 0 bridgehead atoms. The molecule has 8 heteroatoms. The van der Waals surface area contributed by atoms with E-state index in [2.05, 4.69) is 35.8 Å². The average Bonchev–Trinajstić information content (AvgIpc) is 3.02. The van der Waals surface area contributed by atoms with E-state index in [0.29, 0.717) is 30.2 Å². The average molecular weight is 472 g/mol. The third-order valence-electron chi connectivity index (χ3n) is 5.37. The predicted octanol–water partition coefficient (Wildman–Crippen LogP) is 4.64. The molecule has 0 saturated carbocycles. The van der Waals surface area contributed by atoms with Crippen LogP contribution in [0.5, 0.6) is 5.75 Å². The summed E-state index contributed by atoms with van der Waals surface area (Å²) in [6.07, 6.45) is 3.70. The summed E-state index contributed by atoms with van der Waals surface area (Å²) < 4.78 is 33.7. The second-order valence-corrected chi connectivity index (χ2v) is 10.9. The number of anilines is 1. The number of sulfonamides is 1. The third-order valence-corrected chi connectivity index (χ3v) is 6.75. The van der Waals surface area contributed by atoms with Crippen molar-refractivity contribution in [3.63, 3.8) is 0 Å². The Kier molecular flexibility index (Phi) is 8.13. The van der Waals surface area contributed by atoms with Gasteiger partial charge in [-0.2, -0.15) is 0 Å². The van der Waals surface area contributed by atoms with Crippen LogP contribution in [0.15, 0.2) is 58.4 Å². The molecule has 3 rings (SSSR count). The molecule has 1 heterocycles. The van der Waals surface area contributed by atoms with Gasteiger partial charge in [0.15, 0.2) is 0 Å². The van der Waals surface area contributed by atoms with E-state index < -0.39 is 10.0 Å². The van der Waals surface area contributed by atoms with Crippen molar-refractivity contribution in [3.05, 3.63) is 54.1 Å². The van der Waals surface area contributed by atoms with Gasteiger partial charge in [-0.3, -0.25) is 14.5 Å². The van der Waals surface area contributed by atoms with Crippen LogP contribution in [0.25, 0.3) is 0 Å². The third kappa shape index (κ3) is 7.60. The summed E-state index contributed by atoms with van der Waals surface area (Å²) in [6.45, 7) is 7.30. The van der Waals surface area contributed by atoms with Gasteiger partial charge in [-0.05, 0) is 54.2 Å². The van der Waals surface area contributed by atoms with Gasteiger partial charge in [0, 0.05) is 18.7 Å². The van der Waals surface area contributed by atoms with Gasteiger partial charge in [-0.1, -0.05) is 45.4 Å². The van der Waals surface area contributed by atoms with Crippen molar-refractivity contribution in [3.8, 4) is 5.75 Å². The summed E-state index contributed by atoms with van der Waals surface area (Å²) >= 11 is 0. The highest BCUT2D eigenvalue weighted by atomic mass is 32.2. The van der Waals surface area contributed by atoms with Crippen LogP contribution in [0, 0.1) is 0 Å². The Labute approximate surface area is 196 Å². The van der Waals surface area contributed by atoms with Gasteiger partial charge in [0.2, 0.25) is 5.91 Å². The summed E-state index contributed by atoms with van der Waals surface area (Å²) in [5.74, 6) is 0.947. The van der Waals surface area contributed by atoms with Crippen LogP contribution in [0.3, 0.4) is 0 Å². The number of amides is 1. The SMILES string of the molecule is CC(C)(C)c1ccc(OCCC(=O)Nc2cccc(S(=O)(=O)NC3=NCCCCC3)c2)cc1. The lowest BCUT2D eigenvalue weighted by atomic mass is 9.87. The highest BCUT2D eigenvalue weighted by Crippen LogP contribution is 2.24. The molecule has 2 N–H and O–H groups in total. The largest absolute Gasteiger partial charge is 0.493 e. The number of carbonyl (C=O) groups is 1. The molecule has 0 aromatic heterocycles. The van der Waals surface area contributed by atoms with Crippen molar-refractivity contribution in [1.82, 2.24) is 4.72 Å². The number of hydrogen-bond acceptors (Lipinski definition) is 5. The van der Waals surface area contributed by atoms with Gasteiger partial charge in [-0.15, -0.1) is 0 Å². The van der Waals surface area contributed by atoms with Crippen LogP contribution in [0.1, 0.15) is 58.4 Å². The van der Waals surface area contributed by atoms with Crippen molar-refractivity contribution in [2.45, 2.75) is 63.2 Å². The van der Waals surface area contributed by atoms with Crippen molar-refractivity contribution in [1.29, 1.82) is 0 Å². The number of nitrogens with zero attached hydrogens (tertiary/aromatic N) is 1. The van der Waals surface area contributed by atoms with E-state index >= 15 is 0 Å². The number of amidine groups is 1. The number of aliphatic imine (C=N–C) groups is 1. The van der Waals surface area contributed by atoms with Crippen LogP contribution in [0.4, 0.5) is 5.69 Å². The van der Waals surface area contributed by atoms with Crippen LogP contribution in [-0.2, 0) is 20.2 Å². The molecule has 7 nitrogen and oxygen atoms in total. The molecular weight excluding hydrogens is 438 g/mol. The predicted molar refractivity (Wildman–Crippen MR) is 131 cm³/mol. The highest BCUT2D eigenvalue weighted by Gasteiger charge is 2.18. The van der Waals surface area contributed by atoms with Crippen LogP contribution >= 0.6 is 0 Å². The summed E-state index contributed by atoms with van der Waals surface area (Å²) in [6, 6.07) is 14.1. The lowest BCUT2D eigenvalue weighted by molar-refractivity contribution is -0.116. The first-order valence-corrected chi connectivity index (χ1v) is 12.8. The van der Waals surface area contributed by atoms with Gasteiger partial charge in [0.05, 0.1) is 17.9 Å². The van der Waals surface area contributed by atoms with Gasteiger partial charge in [0.1, 0.15) is 11.6 Å². The number of ether oxygens (including phenoxy) is 1. The normalized spacial score (nSPS) is 14.7. The van der Waals surface area contributed by atoms with E-state index in [1.54, 1.807) is 12.1 Å². The molecule has 0 fully saturated rings. The van der Waals surface area contributed by atoms with E-state index in [1.165, 1.54) is 17.7 Å². The fraction of sp³-hybridized carbons (Fsp3) is 0.440. The zero-order valence-corrected chi connectivity index (χ0v) is 20.4. The van der Waals surface area contributed by atoms with E-state index in [-0.39, 0.29) is 29.2 Å². The first-order chi connectivity index (χ1) is 15.6. The van der Waals surface area contributed by atoms with E-state index in [0.717, 1.165) is 19.3 Å². The van der Waals surface area contributed by atoms with Gasteiger partial charge < -0.3 is 10.1 Å². The molecule has 0 aliphatic carbocycles. The molecule has 0 radical (unpaired) electrons. The molecule has 1 aliphatic heterocycles. The second-order valence-electron chi connectivity index (χ2n) is 9.19. The van der Waals surface area contributed by atoms with Gasteiger partial charge in [0.25, 0.3) is 10.0 Å². The van der Waals surface area contributed by atoms with Gasteiger partial charge in [-0.25, -0.2) is 8.42 Å². The number of benzene rings is 2. The van der Waals surface area contributed by atoms with Crippen LogP contribution in [-0.4, -0.2) is 33.3 Å². The van der Waals surface area contributed by atoms with Crippen molar-refractivity contribution < 1.29 is 17.9 Å². The Morgan fingerprint density at radius 2 is 1.82 bits per heavy atom. The Hall–Kier alpha value is -2.87. The molecule has 0 spiro atoms. The lowest BCUT2D eigenvalue weighted by Gasteiger charge is -2.19. The molecular formula is C25H33N3O4S. The van der Waals surface area contributed by atoms with Crippen LogP contribution < -0.4 is 14.8 Å². The van der Waals surface area contributed by atoms with Crippen LogP contribution in [0.2, 0.25) is 0 Å². The lowest BCUT2D eigenvalue weighted by Crippen LogP contribution is -2.30. The minimum atomic E-state index is -3.76. The maximum absolute atomic E-state index is 12.7. The minimum absolute atomic E-state index is 0.0686. The molecule has 0 unspecified atom stereocenters. The molecule has 33 heavy (non-hydrogen) atoms. The minimum Gasteiger partial charge on any atom is -0.493 e. The first-order valence-electron chi connectivity index (χ1n) is 11.3. The molecule has 0 atom stereocenters. The summed E-state index contributed by atoms with van der Waals surface area (Å²) in [5, 5.41) is 2.74. The first kappa shape index (κ1) is 24.8. The molecule has 2 aromatic rings. The van der Waals surface area contributed by atoms with Crippen molar-refractivity contribution in [2.24, 2.45) is 4.99 Å². The van der Waals surface area contributed by atoms with Crippen molar-refractivity contribution in [2.75, 3.05) is 18.5 Å². The quantitative estimate of drug-likeness (QED) is 0.615. The van der Waals surface area contributed by atoms with Crippen molar-refractivity contribution >= 4 is 27.5 Å². The van der Waals surface area contributed by atoms with E-state index in [9.17, 15) is 13.2 Å². The number of rotatable bonds is 7. The fourth-order valence-corrected chi connectivity index (χ4v) is 4.58. The molecule has 1 aliphatic rings. The van der Waals surface area contributed by atoms with E-state index in [4.69, 9.17) is 4.74 Å². The number of nitrogens with one attached hydrogen (secondary N) is 2. The topological polar surface area (TPSA) is 96.9 Å². The number of carbonyl (C=O) groups excluding carboxylic acids is 1. The zero-order valence-electron chi connectivity index (χ0n) is 19.6. The Morgan fingerprint density at radius 3 is 2.55 bits per heavy atom. The molecule has 1 amide bonds. The maximum Gasteiger partial charge on any atom is 0.262 e. The fourth-order valence-electron chi connectivity index (χ4n) is 3.45. The molecule has 0 saturated heterocycles. The Bertz CT molecular complexity index is 1090. The van der Waals surface area contributed by atoms with E-state index in [1.807, 2.05) is 24.3 Å². The Balaban J connectivity index is 1.53. The smallest absolute Gasteiger partial charge is 0.262 e. The molecule has 178 valence electrons. The maximum atomic E-state index is 12.7. The summed E-state index contributed by atoms with van der Waals surface area (Å²) in [5.41, 5.74) is 1.70. The molecule has 2 aromatic carbocycles. The standard InChI is InChI=1S/C25H33N3O4S/c1-25(2,3)19-11-13-21(14-12-19)32-17-15-24(29)27-20-8-7-9-22(18-20)33(30,31)28-23-10-5-4-6-16-26-23/h7-9,11-14,18H,4-6,10,15-17H2,1-3H3,(H,26,28)(H,27,29). The monoisotopic (exact) mass is 471 g/mol. The second kappa shape index (κ2) is 10.8. The zero-order chi connectivity index (χ0) is 23.9. The summed E-state index contributed by atoms with van der Waals surface area (Å²) in [4.78, 5) is 16.7. The Morgan fingerprint density at radius 1 is 1.06 bits per heavy atom. The highest BCUT2D eigenvalue weighted by molar-refractivity contribution is 7.90. The summed E-state index contributed by atoms with van der Waals surface area (Å²) in [7, 11) is -3.76.